The van der Waals surface area contributed by atoms with Crippen LogP contribution < -0.4 is 15.2 Å². The highest BCUT2D eigenvalue weighted by molar-refractivity contribution is 9.10. The van der Waals surface area contributed by atoms with Crippen LogP contribution in [0.15, 0.2) is 16.6 Å². The Labute approximate surface area is 86.0 Å². The zero-order chi connectivity index (χ0) is 9.84. The first kappa shape index (κ1) is 10.3. The van der Waals surface area contributed by atoms with Gasteiger partial charge in [0.15, 0.2) is 0 Å². The summed E-state index contributed by atoms with van der Waals surface area (Å²) in [5.41, 5.74) is 6.46. The minimum atomic E-state index is 0.402. The predicted octanol–water partition coefficient (Wildman–Crippen LogP) is 1.92. The number of benzene rings is 1. The Hall–Kier alpha value is -0.740. The number of hydrogen-bond donors (Lipinski definition) is 1. The second-order valence-corrected chi connectivity index (χ2v) is 3.41. The van der Waals surface area contributed by atoms with E-state index in [2.05, 4.69) is 15.9 Å². The quantitative estimate of drug-likeness (QED) is 0.886. The number of rotatable bonds is 3. The van der Waals surface area contributed by atoms with E-state index in [-0.39, 0.29) is 0 Å². The molecule has 3 nitrogen and oxygen atoms in total. The average molecular weight is 246 g/mol. The van der Waals surface area contributed by atoms with Crippen molar-refractivity contribution in [3.05, 3.63) is 22.2 Å². The molecule has 1 rings (SSSR count). The molecule has 0 fully saturated rings. The lowest BCUT2D eigenvalue weighted by molar-refractivity contribution is 0.385. The van der Waals surface area contributed by atoms with Gasteiger partial charge in [0.1, 0.15) is 11.5 Å². The maximum Gasteiger partial charge on any atom is 0.128 e. The maximum atomic E-state index is 5.58. The van der Waals surface area contributed by atoms with Crippen LogP contribution in [0.25, 0.3) is 0 Å². The average Bonchev–Trinajstić information content (AvgIpc) is 2.16. The van der Waals surface area contributed by atoms with Crippen molar-refractivity contribution in [2.75, 3.05) is 14.2 Å². The molecule has 13 heavy (non-hydrogen) atoms. The molecule has 0 heterocycles. The van der Waals surface area contributed by atoms with Crippen molar-refractivity contribution in [3.63, 3.8) is 0 Å². The Bertz CT molecular complexity index is 277. The molecule has 0 amide bonds. The standard InChI is InChI=1S/C9H12BrNO2/c1-12-8-3-6(10)4-9(13-2)7(8)5-11/h3-4H,5,11H2,1-2H3. The SMILES string of the molecule is COc1cc(Br)cc(OC)c1CN. The van der Waals surface area contributed by atoms with E-state index in [1.807, 2.05) is 12.1 Å². The van der Waals surface area contributed by atoms with Gasteiger partial charge in [0.25, 0.3) is 0 Å². The first-order chi connectivity index (χ1) is 6.22. The highest BCUT2D eigenvalue weighted by atomic mass is 79.9. The lowest BCUT2D eigenvalue weighted by Crippen LogP contribution is -2.02. The van der Waals surface area contributed by atoms with Crippen LogP contribution in [0.5, 0.6) is 11.5 Å². The summed E-state index contributed by atoms with van der Waals surface area (Å²) in [5, 5.41) is 0. The molecule has 0 aliphatic heterocycles. The Balaban J connectivity index is 3.25. The topological polar surface area (TPSA) is 44.5 Å². The molecule has 0 bridgehead atoms. The summed E-state index contributed by atoms with van der Waals surface area (Å²) in [7, 11) is 3.22. The Morgan fingerprint density at radius 3 is 2.00 bits per heavy atom. The van der Waals surface area contributed by atoms with Crippen molar-refractivity contribution in [2.45, 2.75) is 6.54 Å². The highest BCUT2D eigenvalue weighted by Gasteiger charge is 2.09. The lowest BCUT2D eigenvalue weighted by atomic mass is 10.2. The van der Waals surface area contributed by atoms with Gasteiger partial charge in [-0.1, -0.05) is 15.9 Å². The molecule has 0 atom stereocenters. The minimum Gasteiger partial charge on any atom is -0.496 e. The van der Waals surface area contributed by atoms with Gasteiger partial charge in [0.05, 0.1) is 14.2 Å². The maximum absolute atomic E-state index is 5.58. The van der Waals surface area contributed by atoms with Gasteiger partial charge in [-0.3, -0.25) is 0 Å². The van der Waals surface area contributed by atoms with Crippen LogP contribution in [0.1, 0.15) is 5.56 Å². The first-order valence-electron chi connectivity index (χ1n) is 3.83. The third-order valence-electron chi connectivity index (χ3n) is 1.78. The molecule has 0 aliphatic rings. The fourth-order valence-corrected chi connectivity index (χ4v) is 1.57. The molecule has 0 saturated heterocycles. The molecular formula is C9H12BrNO2. The van der Waals surface area contributed by atoms with Crippen LogP contribution in [0.4, 0.5) is 0 Å². The molecule has 72 valence electrons. The van der Waals surface area contributed by atoms with Gasteiger partial charge in [0, 0.05) is 16.6 Å². The molecule has 0 saturated carbocycles. The summed E-state index contributed by atoms with van der Waals surface area (Å²) < 4.78 is 11.3. The minimum absolute atomic E-state index is 0.402. The summed E-state index contributed by atoms with van der Waals surface area (Å²) in [5.74, 6) is 1.49. The molecule has 2 N–H and O–H groups in total. The third-order valence-corrected chi connectivity index (χ3v) is 2.23. The van der Waals surface area contributed by atoms with Crippen LogP contribution >= 0.6 is 15.9 Å². The number of ether oxygens (including phenoxy) is 2. The van der Waals surface area contributed by atoms with Crippen LogP contribution in [-0.4, -0.2) is 14.2 Å². The zero-order valence-corrected chi connectivity index (χ0v) is 9.22. The molecule has 1 aromatic rings. The normalized spacial score (nSPS) is 9.85. The monoisotopic (exact) mass is 245 g/mol. The van der Waals surface area contributed by atoms with E-state index in [0.29, 0.717) is 6.54 Å². The predicted molar refractivity (Wildman–Crippen MR) is 55.1 cm³/mol. The Kier molecular flexibility index (Phi) is 3.57. The molecular weight excluding hydrogens is 234 g/mol. The van der Waals surface area contributed by atoms with Gasteiger partial charge >= 0.3 is 0 Å². The van der Waals surface area contributed by atoms with Gasteiger partial charge in [-0.25, -0.2) is 0 Å². The molecule has 4 heteroatoms. The van der Waals surface area contributed by atoms with Crippen molar-refractivity contribution in [2.24, 2.45) is 5.73 Å². The third kappa shape index (κ3) is 2.14. The zero-order valence-electron chi connectivity index (χ0n) is 7.63. The molecule has 0 spiro atoms. The van der Waals surface area contributed by atoms with Gasteiger partial charge in [0.2, 0.25) is 0 Å². The van der Waals surface area contributed by atoms with Gasteiger partial charge in [-0.15, -0.1) is 0 Å². The smallest absolute Gasteiger partial charge is 0.128 e. The molecule has 1 aromatic carbocycles. The van der Waals surface area contributed by atoms with Crippen molar-refractivity contribution in [1.82, 2.24) is 0 Å². The first-order valence-corrected chi connectivity index (χ1v) is 4.62. The van der Waals surface area contributed by atoms with Gasteiger partial charge in [-0.2, -0.15) is 0 Å². The summed E-state index contributed by atoms with van der Waals surface area (Å²) in [4.78, 5) is 0. The molecule has 0 unspecified atom stereocenters. The largest absolute Gasteiger partial charge is 0.496 e. The second kappa shape index (κ2) is 4.48. The lowest BCUT2D eigenvalue weighted by Gasteiger charge is -2.11. The fraction of sp³-hybridized carbons (Fsp3) is 0.333. The number of nitrogens with two attached hydrogens (primary N) is 1. The van der Waals surface area contributed by atoms with Crippen molar-refractivity contribution in [3.8, 4) is 11.5 Å². The van der Waals surface area contributed by atoms with Crippen molar-refractivity contribution in [1.29, 1.82) is 0 Å². The van der Waals surface area contributed by atoms with Gasteiger partial charge in [-0.05, 0) is 12.1 Å². The van der Waals surface area contributed by atoms with E-state index in [9.17, 15) is 0 Å². The van der Waals surface area contributed by atoms with E-state index < -0.39 is 0 Å². The summed E-state index contributed by atoms with van der Waals surface area (Å²) in [6, 6.07) is 3.73. The van der Waals surface area contributed by atoms with Crippen molar-refractivity contribution < 1.29 is 9.47 Å². The van der Waals surface area contributed by atoms with E-state index >= 15 is 0 Å². The van der Waals surface area contributed by atoms with Crippen LogP contribution in [0.3, 0.4) is 0 Å². The summed E-state index contributed by atoms with van der Waals surface area (Å²) in [6.45, 7) is 0.402. The Morgan fingerprint density at radius 1 is 1.23 bits per heavy atom. The van der Waals surface area contributed by atoms with Crippen LogP contribution in [0, 0.1) is 0 Å². The van der Waals surface area contributed by atoms with Gasteiger partial charge < -0.3 is 15.2 Å². The molecule has 0 aromatic heterocycles. The van der Waals surface area contributed by atoms with E-state index in [0.717, 1.165) is 21.5 Å². The van der Waals surface area contributed by atoms with Crippen LogP contribution in [0.2, 0.25) is 0 Å². The summed E-state index contributed by atoms with van der Waals surface area (Å²) in [6.07, 6.45) is 0. The van der Waals surface area contributed by atoms with E-state index in [1.54, 1.807) is 14.2 Å². The number of methoxy groups -OCH3 is 2. The van der Waals surface area contributed by atoms with E-state index in [4.69, 9.17) is 15.2 Å². The fourth-order valence-electron chi connectivity index (χ4n) is 1.15. The molecule has 0 aliphatic carbocycles. The number of halogens is 1. The van der Waals surface area contributed by atoms with Crippen LogP contribution in [-0.2, 0) is 6.54 Å². The molecule has 0 radical (unpaired) electrons. The highest BCUT2D eigenvalue weighted by Crippen LogP contribution is 2.32. The summed E-state index contributed by atoms with van der Waals surface area (Å²) >= 11 is 3.36. The Morgan fingerprint density at radius 2 is 1.69 bits per heavy atom. The van der Waals surface area contributed by atoms with E-state index in [1.165, 1.54) is 0 Å². The second-order valence-electron chi connectivity index (χ2n) is 2.49. The van der Waals surface area contributed by atoms with Crippen molar-refractivity contribution >= 4 is 15.9 Å². The number of hydrogen-bond acceptors (Lipinski definition) is 3.